The number of carbonyl (C=O) groups excluding carboxylic acids is 2. The summed E-state index contributed by atoms with van der Waals surface area (Å²) in [6, 6.07) is 10.5. The minimum Gasteiger partial charge on any atom is -0.399 e. The zero-order chi connectivity index (χ0) is 20.3. The zero-order valence-electron chi connectivity index (χ0n) is 16.7. The Kier molecular flexibility index (Phi) is 7.94. The molecule has 0 spiro atoms. The Hall–Kier alpha value is -2.24. The molecule has 0 aliphatic heterocycles. The van der Waals surface area contributed by atoms with Crippen molar-refractivity contribution in [3.8, 4) is 0 Å². The fourth-order valence-electron chi connectivity index (χ4n) is 3.67. The molecule has 29 heavy (non-hydrogen) atoms. The molecule has 0 unspecified atom stereocenters. The fraction of sp³-hybridized carbons (Fsp3) is 0.364. The van der Waals surface area contributed by atoms with Gasteiger partial charge in [-0.3, -0.25) is 9.59 Å². The summed E-state index contributed by atoms with van der Waals surface area (Å²) in [6.07, 6.45) is 5.62. The second-order valence-corrected chi connectivity index (χ2v) is 7.84. The Balaban J connectivity index is 0.00000300. The molecule has 0 radical (unpaired) electrons. The van der Waals surface area contributed by atoms with Gasteiger partial charge < -0.3 is 16.0 Å². The molecule has 2 aromatic rings. The van der Waals surface area contributed by atoms with Gasteiger partial charge in [-0.25, -0.2) is 0 Å². The third-order valence-electron chi connectivity index (χ3n) is 5.41. The number of carbonyl (C=O) groups is 2. The van der Waals surface area contributed by atoms with E-state index in [2.05, 4.69) is 5.32 Å². The first kappa shape index (κ1) is 23.0. The number of aryl methyl sites for hydroxylation is 1. The monoisotopic (exact) mass is 435 g/mol. The number of anilines is 2. The highest BCUT2D eigenvalue weighted by Gasteiger charge is 2.24. The number of amides is 2. The molecule has 156 valence electrons. The van der Waals surface area contributed by atoms with E-state index in [1.165, 1.54) is 6.42 Å². The Bertz CT molecular complexity index is 896. The van der Waals surface area contributed by atoms with Crippen molar-refractivity contribution < 1.29 is 9.59 Å². The van der Waals surface area contributed by atoms with E-state index < -0.39 is 0 Å². The van der Waals surface area contributed by atoms with Crippen LogP contribution < -0.4 is 11.1 Å². The Morgan fingerprint density at radius 2 is 1.76 bits per heavy atom. The number of benzene rings is 2. The SMILES string of the molecule is Cc1ccc(N)cc1C(=O)Nc1ccc(C(=O)N(C)C2CCCCC2)c(Cl)c1.Cl. The van der Waals surface area contributed by atoms with Crippen LogP contribution in [0.4, 0.5) is 11.4 Å². The second kappa shape index (κ2) is 9.99. The van der Waals surface area contributed by atoms with Crippen LogP contribution in [0.2, 0.25) is 5.02 Å². The molecular weight excluding hydrogens is 409 g/mol. The Labute approximate surface area is 183 Å². The highest BCUT2D eigenvalue weighted by Crippen LogP contribution is 2.27. The summed E-state index contributed by atoms with van der Waals surface area (Å²) in [5, 5.41) is 3.15. The van der Waals surface area contributed by atoms with E-state index in [9.17, 15) is 9.59 Å². The van der Waals surface area contributed by atoms with Crippen molar-refractivity contribution in [1.29, 1.82) is 0 Å². The van der Waals surface area contributed by atoms with Crippen molar-refractivity contribution in [2.75, 3.05) is 18.1 Å². The molecule has 1 aliphatic carbocycles. The molecule has 3 N–H and O–H groups in total. The van der Waals surface area contributed by atoms with E-state index >= 15 is 0 Å². The normalized spacial score (nSPS) is 14.0. The molecule has 0 bridgehead atoms. The van der Waals surface area contributed by atoms with Crippen LogP contribution in [0.25, 0.3) is 0 Å². The second-order valence-electron chi connectivity index (χ2n) is 7.43. The van der Waals surface area contributed by atoms with Gasteiger partial charge in [-0.2, -0.15) is 0 Å². The first-order valence-electron chi connectivity index (χ1n) is 9.61. The van der Waals surface area contributed by atoms with E-state index in [0.717, 1.165) is 31.2 Å². The van der Waals surface area contributed by atoms with Gasteiger partial charge in [0, 0.05) is 30.0 Å². The lowest BCUT2D eigenvalue weighted by Crippen LogP contribution is -2.38. The first-order chi connectivity index (χ1) is 13.4. The minimum atomic E-state index is -0.265. The summed E-state index contributed by atoms with van der Waals surface area (Å²) in [6.45, 7) is 1.85. The maximum atomic E-state index is 12.8. The van der Waals surface area contributed by atoms with E-state index in [1.807, 2.05) is 14.0 Å². The molecule has 5 nitrogen and oxygen atoms in total. The van der Waals surface area contributed by atoms with Gasteiger partial charge in [0.05, 0.1) is 10.6 Å². The molecule has 1 aliphatic rings. The van der Waals surface area contributed by atoms with Crippen LogP contribution in [0.15, 0.2) is 36.4 Å². The Morgan fingerprint density at radius 1 is 1.07 bits per heavy atom. The summed E-state index contributed by atoms with van der Waals surface area (Å²) in [5.74, 6) is -0.347. The van der Waals surface area contributed by atoms with Crippen LogP contribution in [-0.2, 0) is 0 Å². The molecule has 1 saturated carbocycles. The summed E-state index contributed by atoms with van der Waals surface area (Å²) in [7, 11) is 1.84. The number of nitrogens with zero attached hydrogens (tertiary/aromatic N) is 1. The molecule has 2 aromatic carbocycles. The zero-order valence-corrected chi connectivity index (χ0v) is 18.3. The standard InChI is InChI=1S/C22H26ClN3O2.ClH/c1-14-8-9-15(24)12-19(14)21(27)25-16-10-11-18(20(23)13-16)22(28)26(2)17-6-4-3-5-7-17;/h8-13,17H,3-7,24H2,1-2H3,(H,25,27);1H. The average molecular weight is 436 g/mol. The van der Waals surface area contributed by atoms with Crippen LogP contribution >= 0.6 is 24.0 Å². The molecule has 7 heteroatoms. The number of nitrogens with two attached hydrogens (primary N) is 1. The molecule has 0 atom stereocenters. The third kappa shape index (κ3) is 5.43. The highest BCUT2D eigenvalue weighted by atomic mass is 35.5. The van der Waals surface area contributed by atoms with Gasteiger partial charge in [0.1, 0.15) is 0 Å². The highest BCUT2D eigenvalue weighted by molar-refractivity contribution is 6.34. The summed E-state index contributed by atoms with van der Waals surface area (Å²) in [5.41, 5.74) is 8.64. The molecule has 1 fully saturated rings. The van der Waals surface area contributed by atoms with Gasteiger partial charge in [-0.05, 0) is 55.7 Å². The summed E-state index contributed by atoms with van der Waals surface area (Å²) >= 11 is 6.37. The molecule has 0 heterocycles. The predicted octanol–water partition coefficient (Wildman–Crippen LogP) is 5.31. The lowest BCUT2D eigenvalue weighted by molar-refractivity contribution is 0.0696. The average Bonchev–Trinajstić information content (AvgIpc) is 2.69. The molecular formula is C22H27Cl2N3O2. The van der Waals surface area contributed by atoms with Gasteiger partial charge >= 0.3 is 0 Å². The van der Waals surface area contributed by atoms with E-state index in [0.29, 0.717) is 27.5 Å². The van der Waals surface area contributed by atoms with Crippen LogP contribution in [0, 0.1) is 6.92 Å². The number of halogens is 2. The molecule has 0 aromatic heterocycles. The minimum absolute atomic E-state index is 0. The van der Waals surface area contributed by atoms with Crippen molar-refractivity contribution in [2.24, 2.45) is 0 Å². The van der Waals surface area contributed by atoms with Crippen molar-refractivity contribution in [3.63, 3.8) is 0 Å². The van der Waals surface area contributed by atoms with Crippen LogP contribution in [0.1, 0.15) is 58.4 Å². The van der Waals surface area contributed by atoms with Gasteiger partial charge in [0.15, 0.2) is 0 Å². The van der Waals surface area contributed by atoms with Crippen LogP contribution in [0.3, 0.4) is 0 Å². The maximum absolute atomic E-state index is 12.8. The lowest BCUT2D eigenvalue weighted by Gasteiger charge is -2.31. The smallest absolute Gasteiger partial charge is 0.256 e. The number of hydrogen-bond acceptors (Lipinski definition) is 3. The quantitative estimate of drug-likeness (QED) is 0.638. The topological polar surface area (TPSA) is 75.4 Å². The van der Waals surface area contributed by atoms with Gasteiger partial charge in [0.25, 0.3) is 11.8 Å². The molecule has 0 saturated heterocycles. The fourth-order valence-corrected chi connectivity index (χ4v) is 3.93. The Morgan fingerprint density at radius 3 is 2.41 bits per heavy atom. The summed E-state index contributed by atoms with van der Waals surface area (Å²) in [4.78, 5) is 27.2. The van der Waals surface area contributed by atoms with Gasteiger partial charge in [-0.1, -0.05) is 36.9 Å². The largest absolute Gasteiger partial charge is 0.399 e. The number of rotatable bonds is 4. The molecule has 2 amide bonds. The predicted molar refractivity (Wildman–Crippen MR) is 121 cm³/mol. The third-order valence-corrected chi connectivity index (χ3v) is 5.72. The summed E-state index contributed by atoms with van der Waals surface area (Å²) < 4.78 is 0. The van der Waals surface area contributed by atoms with Crippen LogP contribution in [-0.4, -0.2) is 29.8 Å². The number of nitrogen functional groups attached to an aromatic ring is 1. The van der Waals surface area contributed by atoms with Crippen molar-refractivity contribution in [1.82, 2.24) is 4.90 Å². The van der Waals surface area contributed by atoms with E-state index in [-0.39, 0.29) is 30.3 Å². The number of hydrogen-bond donors (Lipinski definition) is 2. The molecule has 3 rings (SSSR count). The van der Waals surface area contributed by atoms with Crippen molar-refractivity contribution in [2.45, 2.75) is 45.1 Å². The van der Waals surface area contributed by atoms with Crippen LogP contribution in [0.5, 0.6) is 0 Å². The van der Waals surface area contributed by atoms with Crippen molar-refractivity contribution >= 4 is 47.2 Å². The van der Waals surface area contributed by atoms with E-state index in [4.69, 9.17) is 17.3 Å². The maximum Gasteiger partial charge on any atom is 0.256 e. The lowest BCUT2D eigenvalue weighted by atomic mass is 9.94. The van der Waals surface area contributed by atoms with E-state index in [1.54, 1.807) is 41.3 Å². The first-order valence-corrected chi connectivity index (χ1v) is 9.99. The number of nitrogens with one attached hydrogen (secondary N) is 1. The van der Waals surface area contributed by atoms with Gasteiger partial charge in [-0.15, -0.1) is 12.4 Å². The van der Waals surface area contributed by atoms with Crippen molar-refractivity contribution in [3.05, 3.63) is 58.1 Å². The van der Waals surface area contributed by atoms with Gasteiger partial charge in [0.2, 0.25) is 0 Å².